The van der Waals surface area contributed by atoms with E-state index in [1.807, 2.05) is 0 Å². The van der Waals surface area contributed by atoms with Crippen LogP contribution in [-0.2, 0) is 0 Å². The second kappa shape index (κ2) is 4.04. The molecule has 1 atom stereocenters. The van der Waals surface area contributed by atoms with E-state index in [0.29, 0.717) is 0 Å². The van der Waals surface area contributed by atoms with Gasteiger partial charge in [0.25, 0.3) is 0 Å². The molecule has 1 saturated carbocycles. The van der Waals surface area contributed by atoms with Crippen LogP contribution in [0.4, 0.5) is 4.79 Å². The molecule has 82 valence electrons. The number of amides is 2. The fourth-order valence-corrected chi connectivity index (χ4v) is 2.68. The molecule has 0 aromatic carbocycles. The molecule has 15 heavy (non-hydrogen) atoms. The van der Waals surface area contributed by atoms with E-state index >= 15 is 0 Å². The topological polar surface area (TPSA) is 67.5 Å². The summed E-state index contributed by atoms with van der Waals surface area (Å²) in [5, 5.41) is 4.06. The highest BCUT2D eigenvalue weighted by Crippen LogP contribution is 2.40. The summed E-state index contributed by atoms with van der Waals surface area (Å²) in [4.78, 5) is 10.6. The molecule has 0 bridgehead atoms. The monoisotopic (exact) mass is 207 g/mol. The maximum atomic E-state index is 10.6. The van der Waals surface area contributed by atoms with E-state index in [2.05, 4.69) is 17.5 Å². The normalized spacial score (nSPS) is 28.1. The highest BCUT2D eigenvalue weighted by Gasteiger charge is 2.28. The first-order valence-corrected chi connectivity index (χ1v) is 5.50. The Bertz CT molecular complexity index is 344. The number of nitrogens with zero attached hydrogens (tertiary/aromatic N) is 1. The minimum Gasteiger partial charge on any atom is -0.350 e. The lowest BCUT2D eigenvalue weighted by molar-refractivity contribution is 0.249. The van der Waals surface area contributed by atoms with Gasteiger partial charge >= 0.3 is 6.03 Å². The van der Waals surface area contributed by atoms with Crippen LogP contribution in [0.5, 0.6) is 0 Å². The molecular weight excluding hydrogens is 190 g/mol. The van der Waals surface area contributed by atoms with Gasteiger partial charge in [-0.1, -0.05) is 5.57 Å². The van der Waals surface area contributed by atoms with Crippen LogP contribution in [0, 0.1) is 5.92 Å². The highest BCUT2D eigenvalue weighted by atomic mass is 16.2. The van der Waals surface area contributed by atoms with Crippen molar-refractivity contribution in [2.45, 2.75) is 39.0 Å². The quantitative estimate of drug-likeness (QED) is 0.634. The maximum absolute atomic E-state index is 10.6. The predicted molar refractivity (Wildman–Crippen MR) is 59.4 cm³/mol. The summed E-state index contributed by atoms with van der Waals surface area (Å²) in [6.07, 6.45) is 5.95. The fourth-order valence-electron chi connectivity index (χ4n) is 2.68. The Hall–Kier alpha value is -1.32. The van der Waals surface area contributed by atoms with Crippen LogP contribution in [0.15, 0.2) is 16.2 Å². The number of nitrogens with two attached hydrogens (primary N) is 1. The second-order valence-corrected chi connectivity index (χ2v) is 4.31. The molecule has 4 nitrogen and oxygen atoms in total. The summed E-state index contributed by atoms with van der Waals surface area (Å²) < 4.78 is 0. The van der Waals surface area contributed by atoms with E-state index in [-0.39, 0.29) is 0 Å². The number of rotatable bonds is 1. The molecule has 0 heterocycles. The zero-order chi connectivity index (χ0) is 10.8. The van der Waals surface area contributed by atoms with Crippen molar-refractivity contribution in [2.75, 3.05) is 0 Å². The van der Waals surface area contributed by atoms with E-state index in [4.69, 9.17) is 5.73 Å². The Kier molecular flexibility index (Phi) is 2.75. The molecule has 0 radical (unpaired) electrons. The van der Waals surface area contributed by atoms with Crippen molar-refractivity contribution >= 4 is 11.7 Å². The van der Waals surface area contributed by atoms with Crippen molar-refractivity contribution < 1.29 is 4.79 Å². The number of hydrogen-bond donors (Lipinski definition) is 2. The van der Waals surface area contributed by atoms with Gasteiger partial charge in [-0.2, -0.15) is 5.10 Å². The smallest absolute Gasteiger partial charge is 0.332 e. The molecule has 0 aromatic rings. The van der Waals surface area contributed by atoms with E-state index in [1.165, 1.54) is 31.3 Å². The summed E-state index contributed by atoms with van der Waals surface area (Å²) in [5.74, 6) is 0.775. The molecule has 0 spiro atoms. The standard InChI is InChI=1S/C11H17N3O/c1-7-9-4-2-3-8(9)5-6-10(7)13-14-11(12)15/h8H,2-6H2,1H3,(H3,12,14,15)/b13-10-/t8-/m0/s1. The van der Waals surface area contributed by atoms with Gasteiger partial charge in [0.15, 0.2) is 0 Å². The number of nitrogens with one attached hydrogen (secondary N) is 1. The zero-order valence-electron chi connectivity index (χ0n) is 9.05. The molecule has 0 saturated heterocycles. The first kappa shape index (κ1) is 10.2. The first-order valence-electron chi connectivity index (χ1n) is 5.50. The van der Waals surface area contributed by atoms with E-state index in [1.54, 1.807) is 5.57 Å². The Morgan fingerprint density at radius 3 is 3.00 bits per heavy atom. The maximum Gasteiger partial charge on any atom is 0.332 e. The fraction of sp³-hybridized carbons (Fsp3) is 0.636. The predicted octanol–water partition coefficient (Wildman–Crippen LogP) is 1.92. The summed E-state index contributed by atoms with van der Waals surface area (Å²) in [6, 6.07) is -0.589. The van der Waals surface area contributed by atoms with Crippen LogP contribution in [0.25, 0.3) is 0 Å². The molecule has 1 fully saturated rings. The number of hydrogen-bond acceptors (Lipinski definition) is 2. The van der Waals surface area contributed by atoms with Crippen LogP contribution in [-0.4, -0.2) is 11.7 Å². The van der Waals surface area contributed by atoms with Crippen LogP contribution in [0.2, 0.25) is 0 Å². The molecule has 2 rings (SSSR count). The largest absolute Gasteiger partial charge is 0.350 e. The second-order valence-electron chi connectivity index (χ2n) is 4.31. The molecular formula is C11H17N3O. The minimum atomic E-state index is -0.589. The van der Waals surface area contributed by atoms with Crippen LogP contribution in [0.3, 0.4) is 0 Å². The van der Waals surface area contributed by atoms with Gasteiger partial charge in [-0.15, -0.1) is 0 Å². The number of carbonyl (C=O) groups is 1. The van der Waals surface area contributed by atoms with Gasteiger partial charge in [-0.05, 0) is 50.5 Å². The summed E-state index contributed by atoms with van der Waals surface area (Å²) in [6.45, 7) is 2.11. The Balaban J connectivity index is 2.18. The number of allylic oxidation sites excluding steroid dienone is 2. The van der Waals surface area contributed by atoms with Crippen molar-refractivity contribution in [1.29, 1.82) is 0 Å². The summed E-state index contributed by atoms with van der Waals surface area (Å²) >= 11 is 0. The lowest BCUT2D eigenvalue weighted by atomic mass is 9.84. The molecule has 2 amide bonds. The highest BCUT2D eigenvalue weighted by molar-refractivity contribution is 6.01. The molecule has 2 aliphatic rings. The molecule has 2 aliphatic carbocycles. The third-order valence-corrected chi connectivity index (χ3v) is 3.44. The SMILES string of the molecule is CC1=C2CCC[C@H]2CC/C1=N/NC(N)=O. The number of fused-ring (bicyclic) bond motifs is 1. The van der Waals surface area contributed by atoms with Gasteiger partial charge in [0.1, 0.15) is 0 Å². The van der Waals surface area contributed by atoms with E-state index < -0.39 is 6.03 Å². The third kappa shape index (κ3) is 2.03. The van der Waals surface area contributed by atoms with Crippen molar-refractivity contribution in [2.24, 2.45) is 16.8 Å². The first-order chi connectivity index (χ1) is 7.18. The van der Waals surface area contributed by atoms with Gasteiger partial charge in [0.2, 0.25) is 0 Å². The summed E-state index contributed by atoms with van der Waals surface area (Å²) in [5.41, 5.74) is 11.1. The van der Waals surface area contributed by atoms with Crippen LogP contribution >= 0.6 is 0 Å². The Morgan fingerprint density at radius 1 is 1.47 bits per heavy atom. The van der Waals surface area contributed by atoms with E-state index in [0.717, 1.165) is 18.1 Å². The molecule has 3 N–H and O–H groups in total. The van der Waals surface area contributed by atoms with Crippen molar-refractivity contribution in [1.82, 2.24) is 5.43 Å². The van der Waals surface area contributed by atoms with Crippen LogP contribution in [0.1, 0.15) is 39.0 Å². The van der Waals surface area contributed by atoms with Gasteiger partial charge < -0.3 is 5.73 Å². The summed E-state index contributed by atoms with van der Waals surface area (Å²) in [7, 11) is 0. The molecule has 0 unspecified atom stereocenters. The van der Waals surface area contributed by atoms with Crippen LogP contribution < -0.4 is 11.2 Å². The van der Waals surface area contributed by atoms with Gasteiger partial charge in [-0.25, -0.2) is 10.2 Å². The molecule has 0 aromatic heterocycles. The van der Waals surface area contributed by atoms with Gasteiger partial charge in [0, 0.05) is 0 Å². The Labute approximate surface area is 89.6 Å². The lowest BCUT2D eigenvalue weighted by Gasteiger charge is -2.22. The number of hydrazone groups is 1. The van der Waals surface area contributed by atoms with E-state index in [9.17, 15) is 4.79 Å². The molecule has 4 heteroatoms. The van der Waals surface area contributed by atoms with Gasteiger partial charge in [-0.3, -0.25) is 0 Å². The van der Waals surface area contributed by atoms with Crippen molar-refractivity contribution in [3.63, 3.8) is 0 Å². The Morgan fingerprint density at radius 2 is 2.27 bits per heavy atom. The number of carbonyl (C=O) groups excluding carboxylic acids is 1. The van der Waals surface area contributed by atoms with Gasteiger partial charge in [0.05, 0.1) is 5.71 Å². The average Bonchev–Trinajstić information content (AvgIpc) is 2.65. The number of primary amides is 1. The average molecular weight is 207 g/mol. The molecule has 0 aliphatic heterocycles. The third-order valence-electron chi connectivity index (χ3n) is 3.44. The van der Waals surface area contributed by atoms with Crippen molar-refractivity contribution in [3.8, 4) is 0 Å². The number of urea groups is 1. The zero-order valence-corrected chi connectivity index (χ0v) is 9.05. The minimum absolute atomic E-state index is 0.589. The van der Waals surface area contributed by atoms with Crippen molar-refractivity contribution in [3.05, 3.63) is 11.1 Å². The lowest BCUT2D eigenvalue weighted by Crippen LogP contribution is -2.27.